The lowest BCUT2D eigenvalue weighted by Crippen LogP contribution is -2.33. The van der Waals surface area contributed by atoms with Crippen molar-refractivity contribution >= 4 is 11.8 Å². The molecule has 0 aliphatic rings. The molecule has 0 N–H and O–H groups in total. The summed E-state index contributed by atoms with van der Waals surface area (Å²) in [7, 11) is 0. The maximum atomic E-state index is 2.29. The Morgan fingerprint density at radius 1 is 1.19 bits per heavy atom. The zero-order chi connectivity index (χ0) is 11.6. The molecule has 0 radical (unpaired) electrons. The van der Waals surface area contributed by atoms with Gasteiger partial charge in [-0.15, -0.1) is 0 Å². The number of aromatic nitrogens is 1. The van der Waals surface area contributed by atoms with Gasteiger partial charge in [0, 0.05) is 18.1 Å². The molecule has 1 rings (SSSR count). The zero-order valence-electron chi connectivity index (χ0n) is 10.6. The largest absolute Gasteiger partial charge is 0.205 e. The molecule has 0 bridgehead atoms. The molecule has 0 unspecified atom stereocenters. The molecule has 0 fully saturated rings. The Morgan fingerprint density at radius 3 is 2.75 bits per heavy atom. The second kappa shape index (κ2) is 8.63. The molecule has 1 heterocycles. The molecule has 1 aromatic heterocycles. The predicted molar refractivity (Wildman–Crippen MR) is 72.8 cm³/mol. The summed E-state index contributed by atoms with van der Waals surface area (Å²) < 4.78 is 2.29. The fourth-order valence-corrected chi connectivity index (χ4v) is 2.64. The van der Waals surface area contributed by atoms with Crippen molar-refractivity contribution < 1.29 is 4.57 Å². The first-order valence-electron chi connectivity index (χ1n) is 6.36. The lowest BCUT2D eigenvalue weighted by molar-refractivity contribution is -0.697. The van der Waals surface area contributed by atoms with Crippen molar-refractivity contribution in [3.8, 4) is 0 Å². The molecule has 1 aromatic rings. The molecular formula is C14H24NS+. The average molecular weight is 238 g/mol. The van der Waals surface area contributed by atoms with Crippen molar-refractivity contribution in [2.45, 2.75) is 46.1 Å². The van der Waals surface area contributed by atoms with Gasteiger partial charge in [0.1, 0.15) is 6.54 Å². The van der Waals surface area contributed by atoms with Crippen LogP contribution in [0.25, 0.3) is 0 Å². The predicted octanol–water partition coefficient (Wildman–Crippen LogP) is 3.60. The second-order valence-electron chi connectivity index (χ2n) is 4.29. The van der Waals surface area contributed by atoms with Gasteiger partial charge in [-0.05, 0) is 30.9 Å². The highest BCUT2D eigenvalue weighted by Crippen LogP contribution is 2.07. The van der Waals surface area contributed by atoms with E-state index in [4.69, 9.17) is 0 Å². The van der Waals surface area contributed by atoms with Crippen molar-refractivity contribution in [3.63, 3.8) is 0 Å². The molecule has 1 nitrogen and oxygen atoms in total. The van der Waals surface area contributed by atoms with E-state index in [0.717, 1.165) is 6.54 Å². The summed E-state index contributed by atoms with van der Waals surface area (Å²) in [6.45, 7) is 5.57. The van der Waals surface area contributed by atoms with Crippen molar-refractivity contribution in [1.29, 1.82) is 0 Å². The number of nitrogens with zero attached hydrogens (tertiary/aromatic N) is 1. The summed E-state index contributed by atoms with van der Waals surface area (Å²) in [6.07, 6.45) is 9.78. The molecule has 0 amide bonds. The molecule has 0 saturated carbocycles. The number of pyridine rings is 1. The van der Waals surface area contributed by atoms with Gasteiger partial charge in [-0.2, -0.15) is 11.8 Å². The molecule has 0 spiro atoms. The normalized spacial score (nSPS) is 10.6. The number of thioether (sulfide) groups is 1. The van der Waals surface area contributed by atoms with Crippen molar-refractivity contribution in [3.05, 3.63) is 30.1 Å². The van der Waals surface area contributed by atoms with E-state index in [2.05, 4.69) is 54.7 Å². The van der Waals surface area contributed by atoms with E-state index in [9.17, 15) is 0 Å². The van der Waals surface area contributed by atoms with E-state index in [0.29, 0.717) is 0 Å². The Kier molecular flexibility index (Phi) is 7.32. The zero-order valence-corrected chi connectivity index (χ0v) is 11.4. The minimum atomic E-state index is 1.16. The third-order valence-corrected chi connectivity index (χ3v) is 3.76. The van der Waals surface area contributed by atoms with Gasteiger partial charge in [0.2, 0.25) is 0 Å². The van der Waals surface area contributed by atoms with Gasteiger partial charge in [-0.3, -0.25) is 0 Å². The number of rotatable bonds is 8. The standard InChI is InChI=1S/C14H24NS/c1-3-4-5-11-16-12-7-10-15-9-6-8-14(2)13-15/h6,8-9,13H,3-5,7,10-12H2,1-2H3/q+1. The fourth-order valence-electron chi connectivity index (χ4n) is 1.70. The Hall–Kier alpha value is -0.500. The summed E-state index contributed by atoms with van der Waals surface area (Å²) in [5.41, 5.74) is 1.35. The van der Waals surface area contributed by atoms with Gasteiger partial charge in [0.05, 0.1) is 0 Å². The lowest BCUT2D eigenvalue weighted by Gasteiger charge is -2.00. The molecule has 0 saturated heterocycles. The van der Waals surface area contributed by atoms with Crippen LogP contribution in [0.1, 0.15) is 38.2 Å². The van der Waals surface area contributed by atoms with Crippen LogP contribution >= 0.6 is 11.8 Å². The molecule has 90 valence electrons. The van der Waals surface area contributed by atoms with E-state index < -0.39 is 0 Å². The molecule has 0 aliphatic carbocycles. The maximum Gasteiger partial charge on any atom is 0.171 e. The summed E-state index contributed by atoms with van der Waals surface area (Å²) in [4.78, 5) is 0. The Balaban J connectivity index is 2.03. The van der Waals surface area contributed by atoms with Crippen molar-refractivity contribution in [2.24, 2.45) is 0 Å². The minimum Gasteiger partial charge on any atom is -0.205 e. The van der Waals surface area contributed by atoms with Gasteiger partial charge in [-0.25, -0.2) is 4.57 Å². The van der Waals surface area contributed by atoms with Gasteiger partial charge in [0.15, 0.2) is 12.4 Å². The molecule has 0 aliphatic heterocycles. The number of hydrogen-bond acceptors (Lipinski definition) is 1. The lowest BCUT2D eigenvalue weighted by atomic mass is 10.3. The maximum absolute atomic E-state index is 2.29. The Morgan fingerprint density at radius 2 is 2.00 bits per heavy atom. The first-order chi connectivity index (χ1) is 7.83. The first-order valence-corrected chi connectivity index (χ1v) is 7.52. The van der Waals surface area contributed by atoms with Gasteiger partial charge in [-0.1, -0.05) is 19.8 Å². The highest BCUT2D eigenvalue weighted by molar-refractivity contribution is 7.99. The molecule has 0 aromatic carbocycles. The van der Waals surface area contributed by atoms with Crippen molar-refractivity contribution in [2.75, 3.05) is 11.5 Å². The van der Waals surface area contributed by atoms with Crippen LogP contribution in [0, 0.1) is 6.92 Å². The summed E-state index contributed by atoms with van der Waals surface area (Å²) in [5, 5.41) is 0. The summed E-state index contributed by atoms with van der Waals surface area (Å²) >= 11 is 2.10. The molecule has 0 atom stereocenters. The van der Waals surface area contributed by atoms with Crippen LogP contribution in [0.5, 0.6) is 0 Å². The van der Waals surface area contributed by atoms with Gasteiger partial charge < -0.3 is 0 Å². The average Bonchev–Trinajstić information content (AvgIpc) is 2.28. The highest BCUT2D eigenvalue weighted by atomic mass is 32.2. The summed E-state index contributed by atoms with van der Waals surface area (Å²) in [6, 6.07) is 4.28. The number of hydrogen-bond donors (Lipinski definition) is 0. The van der Waals surface area contributed by atoms with Crippen LogP contribution in [-0.2, 0) is 6.54 Å². The molecule has 16 heavy (non-hydrogen) atoms. The Labute approximate surface area is 104 Å². The van der Waals surface area contributed by atoms with Gasteiger partial charge in [0.25, 0.3) is 0 Å². The van der Waals surface area contributed by atoms with E-state index in [1.807, 2.05) is 0 Å². The minimum absolute atomic E-state index is 1.16. The highest BCUT2D eigenvalue weighted by Gasteiger charge is 1.99. The van der Waals surface area contributed by atoms with Crippen LogP contribution in [0.3, 0.4) is 0 Å². The quantitative estimate of drug-likeness (QED) is 0.494. The van der Waals surface area contributed by atoms with Crippen LogP contribution in [0.4, 0.5) is 0 Å². The SMILES string of the molecule is CCCCCSCCC[n+]1cccc(C)c1. The monoisotopic (exact) mass is 238 g/mol. The van der Waals surface area contributed by atoms with E-state index in [-0.39, 0.29) is 0 Å². The molecular weight excluding hydrogens is 214 g/mol. The fraction of sp³-hybridized carbons (Fsp3) is 0.643. The number of unbranched alkanes of at least 4 members (excludes halogenated alkanes) is 2. The second-order valence-corrected chi connectivity index (χ2v) is 5.52. The molecule has 2 heteroatoms. The number of aryl methyl sites for hydroxylation is 2. The Bertz CT molecular complexity index is 286. The third-order valence-electron chi connectivity index (χ3n) is 2.60. The van der Waals surface area contributed by atoms with Gasteiger partial charge >= 0.3 is 0 Å². The van der Waals surface area contributed by atoms with Crippen LogP contribution < -0.4 is 4.57 Å². The smallest absolute Gasteiger partial charge is 0.171 e. The van der Waals surface area contributed by atoms with E-state index in [1.165, 1.54) is 42.8 Å². The van der Waals surface area contributed by atoms with Crippen LogP contribution in [-0.4, -0.2) is 11.5 Å². The van der Waals surface area contributed by atoms with Crippen LogP contribution in [0.15, 0.2) is 24.5 Å². The summed E-state index contributed by atoms with van der Waals surface area (Å²) in [5.74, 6) is 2.64. The third kappa shape index (κ3) is 6.16. The van der Waals surface area contributed by atoms with Crippen molar-refractivity contribution in [1.82, 2.24) is 0 Å². The first kappa shape index (κ1) is 13.6. The van der Waals surface area contributed by atoms with E-state index >= 15 is 0 Å². The topological polar surface area (TPSA) is 3.88 Å². The van der Waals surface area contributed by atoms with Crippen LogP contribution in [0.2, 0.25) is 0 Å². The van der Waals surface area contributed by atoms with E-state index in [1.54, 1.807) is 0 Å².